The number of carboxylic acid groups (broad SMARTS) is 1. The molecule has 1 aromatic rings. The number of amides is 4. The highest BCUT2D eigenvalue weighted by atomic mass is 32.2. The number of carboxylic acids is 1. The molecule has 0 unspecified atom stereocenters. The van der Waals surface area contributed by atoms with Crippen LogP contribution in [0.2, 0.25) is 0 Å². The average Bonchev–Trinajstić information content (AvgIpc) is 3.62. The lowest BCUT2D eigenvalue weighted by atomic mass is 9.80. The van der Waals surface area contributed by atoms with Crippen LogP contribution in [0.1, 0.15) is 25.0 Å². The first-order chi connectivity index (χ1) is 20.7. The Labute approximate surface area is 253 Å². The van der Waals surface area contributed by atoms with Gasteiger partial charge in [0.2, 0.25) is 5.91 Å². The normalized spacial score (nSPS) is 23.8. The highest BCUT2D eigenvalue weighted by Crippen LogP contribution is 2.46. The number of hydrogen-bond acceptors (Lipinski definition) is 12. The maximum atomic E-state index is 13.3. The number of thioether (sulfide) groups is 1. The Morgan fingerprint density at radius 1 is 1.30 bits per heavy atom. The molecular weight excluding hydrogens is 602 g/mol. The number of ether oxygens (including phenoxy) is 1. The van der Waals surface area contributed by atoms with Crippen molar-refractivity contribution in [3.05, 3.63) is 46.1 Å². The molecule has 228 valence electrons. The van der Waals surface area contributed by atoms with Crippen molar-refractivity contribution in [3.8, 4) is 0 Å². The summed E-state index contributed by atoms with van der Waals surface area (Å²) in [6.07, 6.45) is 2.34. The number of nitrogens with one attached hydrogen (secondary N) is 2. The Morgan fingerprint density at radius 3 is 2.63 bits per heavy atom. The summed E-state index contributed by atoms with van der Waals surface area (Å²) in [4.78, 5) is 70.7. The van der Waals surface area contributed by atoms with Gasteiger partial charge in [-0.05, 0) is 36.3 Å². The van der Waals surface area contributed by atoms with Crippen molar-refractivity contribution >= 4 is 63.7 Å². The van der Waals surface area contributed by atoms with Gasteiger partial charge in [-0.3, -0.25) is 19.3 Å². The molecule has 0 bridgehead atoms. The SMILES string of the molecule is C=CCOC(=O)N1CCC(C(=C2CCNC2=O)C2=C(C(=O)O)N3C(=O)[C@@H](NC(=O)C(=NO)c4csc(N)n4)[C@H]3SC2)CC1. The van der Waals surface area contributed by atoms with E-state index in [9.17, 15) is 34.3 Å². The molecule has 4 amide bonds. The summed E-state index contributed by atoms with van der Waals surface area (Å²) >= 11 is 2.29. The molecule has 0 saturated carbocycles. The van der Waals surface area contributed by atoms with E-state index in [1.54, 1.807) is 4.90 Å². The number of oxime groups is 1. The molecule has 5 heterocycles. The van der Waals surface area contributed by atoms with Crippen LogP contribution in [0.4, 0.5) is 9.93 Å². The number of allylic oxidation sites excluding steroid dienone is 1. The number of β-lactam (4-membered cyclic amide) rings is 1. The van der Waals surface area contributed by atoms with Gasteiger partial charge in [0, 0.05) is 36.3 Å². The number of rotatable bonds is 8. The predicted molar refractivity (Wildman–Crippen MR) is 155 cm³/mol. The van der Waals surface area contributed by atoms with Gasteiger partial charge in [0.25, 0.3) is 11.8 Å². The standard InChI is InChI=1S/C26H29N7O8S2/c1-2-9-41-26(39)32-7-4-12(5-8-32)16(13-3-6-28-20(13)34)14-10-42-23-18(22(36)33(23)19(14)24(37)38)30-21(35)17(31-40)15-11-43-25(27)29-15/h2,11-12,18,23,40H,1,3-10H2,(H2,27,29)(H,28,34)(H,30,35)(H,37,38)/t18-,23-/m1/s1. The molecule has 0 aliphatic carbocycles. The van der Waals surface area contributed by atoms with Crippen molar-refractivity contribution < 1.29 is 39.0 Å². The fourth-order valence-electron chi connectivity index (χ4n) is 5.67. The quantitative estimate of drug-likeness (QED) is 0.0664. The number of aliphatic carboxylic acids is 1. The van der Waals surface area contributed by atoms with E-state index < -0.39 is 41.0 Å². The van der Waals surface area contributed by atoms with Crippen molar-refractivity contribution in [1.29, 1.82) is 0 Å². The largest absolute Gasteiger partial charge is 0.477 e. The Bertz CT molecular complexity index is 1480. The minimum absolute atomic E-state index is 0.0296. The minimum atomic E-state index is -1.34. The van der Waals surface area contributed by atoms with Gasteiger partial charge in [-0.1, -0.05) is 17.8 Å². The zero-order chi connectivity index (χ0) is 30.8. The van der Waals surface area contributed by atoms with Crippen molar-refractivity contribution in [3.63, 3.8) is 0 Å². The average molecular weight is 632 g/mol. The molecule has 3 saturated heterocycles. The number of likely N-dealkylation sites (tertiary alicyclic amines) is 1. The molecule has 4 aliphatic rings. The van der Waals surface area contributed by atoms with Gasteiger partial charge in [-0.2, -0.15) is 0 Å². The molecular formula is C26H29N7O8S2. The van der Waals surface area contributed by atoms with Gasteiger partial charge in [0.15, 0.2) is 10.8 Å². The van der Waals surface area contributed by atoms with Crippen LogP contribution in [-0.2, 0) is 23.9 Å². The van der Waals surface area contributed by atoms with Gasteiger partial charge >= 0.3 is 12.1 Å². The molecule has 2 atom stereocenters. The monoisotopic (exact) mass is 631 g/mol. The highest BCUT2D eigenvalue weighted by Gasteiger charge is 2.55. The summed E-state index contributed by atoms with van der Waals surface area (Å²) in [7, 11) is 0. The smallest absolute Gasteiger partial charge is 0.410 e. The Morgan fingerprint density at radius 2 is 2.05 bits per heavy atom. The van der Waals surface area contributed by atoms with Crippen molar-refractivity contribution in [1.82, 2.24) is 25.4 Å². The first kappa shape index (κ1) is 30.1. The Balaban J connectivity index is 1.40. The number of thiazole rings is 1. The lowest BCUT2D eigenvalue weighted by Crippen LogP contribution is -2.71. The fourth-order valence-corrected chi connectivity index (χ4v) is 7.58. The summed E-state index contributed by atoms with van der Waals surface area (Å²) in [6, 6.07) is -1.09. The van der Waals surface area contributed by atoms with Crippen molar-refractivity contribution in [2.24, 2.45) is 11.1 Å². The maximum Gasteiger partial charge on any atom is 0.410 e. The molecule has 0 spiro atoms. The van der Waals surface area contributed by atoms with E-state index in [1.165, 1.54) is 23.2 Å². The first-order valence-electron chi connectivity index (χ1n) is 13.4. The summed E-state index contributed by atoms with van der Waals surface area (Å²) in [5.41, 5.74) is 6.40. The third kappa shape index (κ3) is 5.69. The fraction of sp³-hybridized carbons (Fsp3) is 0.423. The summed E-state index contributed by atoms with van der Waals surface area (Å²) in [6.45, 7) is 4.73. The van der Waals surface area contributed by atoms with Gasteiger partial charge in [-0.15, -0.1) is 23.1 Å². The number of aromatic nitrogens is 1. The number of nitrogen functional groups attached to an aromatic ring is 1. The van der Waals surface area contributed by atoms with E-state index in [0.29, 0.717) is 55.6 Å². The van der Waals surface area contributed by atoms with E-state index in [4.69, 9.17) is 10.5 Å². The summed E-state index contributed by atoms with van der Waals surface area (Å²) < 4.78 is 5.14. The number of carbonyl (C=O) groups excluding carboxylic acids is 4. The molecule has 1 aromatic heterocycles. The molecule has 15 nitrogen and oxygen atoms in total. The predicted octanol–water partition coefficient (Wildman–Crippen LogP) is 0.493. The molecule has 4 aliphatic heterocycles. The van der Waals surface area contributed by atoms with E-state index in [2.05, 4.69) is 27.4 Å². The number of carbonyl (C=O) groups is 5. The lowest BCUT2D eigenvalue weighted by molar-refractivity contribution is -0.150. The van der Waals surface area contributed by atoms with Crippen LogP contribution in [-0.4, -0.2) is 104 Å². The van der Waals surface area contributed by atoms with Gasteiger partial charge in [-0.25, -0.2) is 14.6 Å². The molecule has 6 N–H and O–H groups in total. The van der Waals surface area contributed by atoms with Crippen LogP contribution in [0.5, 0.6) is 0 Å². The molecule has 0 aromatic carbocycles. The zero-order valence-electron chi connectivity index (χ0n) is 22.8. The van der Waals surface area contributed by atoms with E-state index in [0.717, 1.165) is 16.2 Å². The van der Waals surface area contributed by atoms with Gasteiger partial charge < -0.3 is 36.3 Å². The van der Waals surface area contributed by atoms with Gasteiger partial charge in [0.1, 0.15) is 29.4 Å². The third-order valence-electron chi connectivity index (χ3n) is 7.61. The van der Waals surface area contributed by atoms with Gasteiger partial charge in [0.05, 0.1) is 0 Å². The van der Waals surface area contributed by atoms with Crippen LogP contribution in [0.3, 0.4) is 0 Å². The second-order valence-electron chi connectivity index (χ2n) is 10.0. The third-order valence-corrected chi connectivity index (χ3v) is 9.56. The Kier molecular flexibility index (Phi) is 8.72. The molecule has 3 fully saturated rings. The molecule has 5 rings (SSSR count). The van der Waals surface area contributed by atoms with Crippen LogP contribution in [0.25, 0.3) is 0 Å². The summed E-state index contributed by atoms with van der Waals surface area (Å²) in [5, 5.41) is 28.9. The van der Waals surface area contributed by atoms with E-state index in [1.807, 2.05) is 0 Å². The maximum absolute atomic E-state index is 13.3. The molecule has 0 radical (unpaired) electrons. The van der Waals surface area contributed by atoms with E-state index >= 15 is 0 Å². The van der Waals surface area contributed by atoms with Crippen molar-refractivity contribution in [2.75, 3.05) is 37.7 Å². The number of nitrogens with zero attached hydrogens (tertiary/aromatic N) is 4. The summed E-state index contributed by atoms with van der Waals surface area (Å²) in [5.74, 6) is -3.22. The van der Waals surface area contributed by atoms with Crippen LogP contribution in [0, 0.1) is 5.92 Å². The highest BCUT2D eigenvalue weighted by molar-refractivity contribution is 8.00. The molecule has 17 heteroatoms. The zero-order valence-corrected chi connectivity index (χ0v) is 24.4. The number of nitrogens with two attached hydrogens (primary N) is 1. The second-order valence-corrected chi connectivity index (χ2v) is 12.0. The molecule has 43 heavy (non-hydrogen) atoms. The van der Waals surface area contributed by atoms with Crippen LogP contribution >= 0.6 is 23.1 Å². The number of anilines is 1. The number of piperidine rings is 1. The first-order valence-corrected chi connectivity index (χ1v) is 15.3. The topological polar surface area (TPSA) is 217 Å². The van der Waals surface area contributed by atoms with Crippen molar-refractivity contribution in [2.45, 2.75) is 30.7 Å². The van der Waals surface area contributed by atoms with Crippen LogP contribution < -0.4 is 16.4 Å². The number of hydrogen-bond donors (Lipinski definition) is 5. The minimum Gasteiger partial charge on any atom is -0.477 e. The number of fused-ring (bicyclic) bond motifs is 1. The Hall–Kier alpha value is -4.38. The van der Waals surface area contributed by atoms with E-state index in [-0.39, 0.29) is 40.7 Å². The second kappa shape index (κ2) is 12.5. The lowest BCUT2D eigenvalue weighted by Gasteiger charge is -2.50. The van der Waals surface area contributed by atoms with Crippen LogP contribution in [0.15, 0.2) is 45.6 Å².